The number of hydrogen-bond acceptors (Lipinski definition) is 1. The molecule has 100 valence electrons. The van der Waals surface area contributed by atoms with Gasteiger partial charge in [0.05, 0.1) is 0 Å². The molecule has 19 heavy (non-hydrogen) atoms. The van der Waals surface area contributed by atoms with Gasteiger partial charge in [-0.05, 0) is 35.9 Å². The Morgan fingerprint density at radius 2 is 1.58 bits per heavy atom. The first-order valence-corrected chi connectivity index (χ1v) is 6.88. The Hall–Kier alpha value is -1.01. The minimum atomic E-state index is -0.709. The van der Waals surface area contributed by atoms with Crippen LogP contribution in [0.4, 0.5) is 18.9 Å². The molecular weight excluding hydrogens is 387 g/mol. The highest BCUT2D eigenvalue weighted by Gasteiger charge is 2.11. The second-order valence-electron chi connectivity index (χ2n) is 3.83. The number of anilines is 1. The highest BCUT2D eigenvalue weighted by atomic mass is 79.9. The Morgan fingerprint density at radius 1 is 0.947 bits per heavy atom. The molecule has 0 unspecified atom stereocenters. The summed E-state index contributed by atoms with van der Waals surface area (Å²) in [6.07, 6.45) is 0. The Balaban J connectivity index is 2.21. The van der Waals surface area contributed by atoms with Crippen molar-refractivity contribution in [2.75, 3.05) is 5.32 Å². The van der Waals surface area contributed by atoms with Gasteiger partial charge in [-0.1, -0.05) is 31.9 Å². The average Bonchev–Trinajstić information content (AvgIpc) is 2.32. The summed E-state index contributed by atoms with van der Waals surface area (Å²) < 4.78 is 41.2. The van der Waals surface area contributed by atoms with E-state index in [1.165, 1.54) is 12.1 Å². The minimum Gasteiger partial charge on any atom is -0.376 e. The lowest BCUT2D eigenvalue weighted by atomic mass is 10.2. The largest absolute Gasteiger partial charge is 0.376 e. The van der Waals surface area contributed by atoms with Crippen molar-refractivity contribution < 1.29 is 13.2 Å². The fourth-order valence-electron chi connectivity index (χ4n) is 1.57. The van der Waals surface area contributed by atoms with Crippen molar-refractivity contribution in [1.82, 2.24) is 0 Å². The lowest BCUT2D eigenvalue weighted by molar-refractivity contribution is 0.586. The molecule has 0 atom stereocenters. The lowest BCUT2D eigenvalue weighted by Crippen LogP contribution is -2.05. The van der Waals surface area contributed by atoms with Crippen LogP contribution in [0.5, 0.6) is 0 Å². The maximum atomic E-state index is 13.6. The van der Waals surface area contributed by atoms with E-state index in [1.54, 1.807) is 6.07 Å². The number of benzene rings is 2. The van der Waals surface area contributed by atoms with Crippen LogP contribution in [0.2, 0.25) is 0 Å². The summed E-state index contributed by atoms with van der Waals surface area (Å²) in [4.78, 5) is 0. The Labute approximate surface area is 125 Å². The van der Waals surface area contributed by atoms with Gasteiger partial charge in [0.25, 0.3) is 0 Å². The van der Waals surface area contributed by atoms with Crippen LogP contribution in [0.25, 0.3) is 0 Å². The van der Waals surface area contributed by atoms with Crippen molar-refractivity contribution in [1.29, 1.82) is 0 Å². The molecule has 0 saturated carbocycles. The normalized spacial score (nSPS) is 10.6. The third-order valence-corrected chi connectivity index (χ3v) is 3.70. The van der Waals surface area contributed by atoms with E-state index in [2.05, 4.69) is 37.2 Å². The molecule has 6 heteroatoms. The number of hydrogen-bond donors (Lipinski definition) is 1. The van der Waals surface area contributed by atoms with Crippen molar-refractivity contribution in [3.05, 3.63) is 62.3 Å². The maximum Gasteiger partial charge on any atom is 0.150 e. The fourth-order valence-corrected chi connectivity index (χ4v) is 2.36. The van der Waals surface area contributed by atoms with E-state index >= 15 is 0 Å². The summed E-state index contributed by atoms with van der Waals surface area (Å²) >= 11 is 6.25. The topological polar surface area (TPSA) is 12.0 Å². The number of rotatable bonds is 3. The van der Waals surface area contributed by atoms with E-state index in [4.69, 9.17) is 0 Å². The molecule has 0 spiro atoms. The number of halogens is 5. The van der Waals surface area contributed by atoms with Gasteiger partial charge < -0.3 is 5.32 Å². The zero-order valence-corrected chi connectivity index (χ0v) is 12.7. The first kappa shape index (κ1) is 14.4. The molecule has 2 rings (SSSR count). The molecule has 0 aliphatic carbocycles. The van der Waals surface area contributed by atoms with Gasteiger partial charge in [-0.2, -0.15) is 0 Å². The summed E-state index contributed by atoms with van der Waals surface area (Å²) in [5.41, 5.74) is 0.334. The molecule has 0 aromatic heterocycles. The summed E-state index contributed by atoms with van der Waals surface area (Å²) in [5, 5.41) is 2.63. The van der Waals surface area contributed by atoms with E-state index in [1.807, 2.05) is 0 Å². The third kappa shape index (κ3) is 3.51. The molecule has 0 radical (unpaired) electrons. The van der Waals surface area contributed by atoms with Crippen molar-refractivity contribution >= 4 is 37.5 Å². The molecule has 0 bridgehead atoms. The van der Waals surface area contributed by atoms with Crippen LogP contribution in [-0.2, 0) is 6.54 Å². The summed E-state index contributed by atoms with van der Waals surface area (Å²) in [6, 6.07) is 6.46. The minimum absolute atomic E-state index is 0.105. The molecule has 0 amide bonds. The van der Waals surface area contributed by atoms with Gasteiger partial charge >= 0.3 is 0 Å². The number of nitrogens with one attached hydrogen (secondary N) is 1. The standard InChI is InChI=1S/C13H8Br2F3N/c14-8-4-11(17)13(12(18)5-8)19-6-7-3-9(16)1-2-10(7)15/h1-5,19H,6H2. The predicted octanol–water partition coefficient (Wildman–Crippen LogP) is 5.24. The molecule has 1 N–H and O–H groups in total. The first-order valence-electron chi connectivity index (χ1n) is 5.29. The van der Waals surface area contributed by atoms with Crippen LogP contribution in [0.15, 0.2) is 39.3 Å². The van der Waals surface area contributed by atoms with Gasteiger partial charge in [-0.3, -0.25) is 0 Å². The van der Waals surface area contributed by atoms with Crippen LogP contribution in [-0.4, -0.2) is 0 Å². The summed E-state index contributed by atoms with van der Waals surface area (Å²) in [7, 11) is 0. The highest BCUT2D eigenvalue weighted by molar-refractivity contribution is 9.10. The van der Waals surface area contributed by atoms with Crippen LogP contribution in [0.1, 0.15) is 5.56 Å². The molecule has 0 aliphatic rings. The smallest absolute Gasteiger partial charge is 0.150 e. The molecule has 1 nitrogen and oxygen atoms in total. The van der Waals surface area contributed by atoms with Gasteiger partial charge in [-0.15, -0.1) is 0 Å². The predicted molar refractivity (Wildman–Crippen MR) is 75.5 cm³/mol. The molecule has 0 fully saturated rings. The van der Waals surface area contributed by atoms with Gasteiger partial charge in [0.2, 0.25) is 0 Å². The van der Waals surface area contributed by atoms with Gasteiger partial charge in [0, 0.05) is 15.5 Å². The van der Waals surface area contributed by atoms with Crippen molar-refractivity contribution in [2.24, 2.45) is 0 Å². The molecular formula is C13H8Br2F3N. The van der Waals surface area contributed by atoms with Crippen LogP contribution < -0.4 is 5.32 Å². The van der Waals surface area contributed by atoms with E-state index in [0.717, 1.165) is 12.1 Å². The SMILES string of the molecule is Fc1ccc(Br)c(CNc2c(F)cc(Br)cc2F)c1. The van der Waals surface area contributed by atoms with E-state index in [0.29, 0.717) is 14.5 Å². The van der Waals surface area contributed by atoms with Gasteiger partial charge in [0.1, 0.15) is 23.1 Å². The molecule has 0 heterocycles. The monoisotopic (exact) mass is 393 g/mol. The van der Waals surface area contributed by atoms with Crippen molar-refractivity contribution in [3.8, 4) is 0 Å². The second-order valence-corrected chi connectivity index (χ2v) is 5.60. The van der Waals surface area contributed by atoms with Crippen LogP contribution in [0, 0.1) is 17.5 Å². The highest BCUT2D eigenvalue weighted by Crippen LogP contribution is 2.25. The lowest BCUT2D eigenvalue weighted by Gasteiger charge is -2.10. The molecule has 0 saturated heterocycles. The summed E-state index contributed by atoms with van der Waals surface area (Å²) in [6.45, 7) is 0.105. The Bertz CT molecular complexity index is 594. The molecule has 0 aliphatic heterocycles. The second kappa shape index (κ2) is 5.96. The van der Waals surface area contributed by atoms with Crippen LogP contribution in [0.3, 0.4) is 0 Å². The first-order chi connectivity index (χ1) is 8.97. The zero-order chi connectivity index (χ0) is 14.0. The van der Waals surface area contributed by atoms with Crippen LogP contribution >= 0.6 is 31.9 Å². The molecule has 2 aromatic rings. The summed E-state index contributed by atoms with van der Waals surface area (Å²) in [5.74, 6) is -1.82. The quantitative estimate of drug-likeness (QED) is 0.750. The Kier molecular flexibility index (Phi) is 4.52. The van der Waals surface area contributed by atoms with Crippen molar-refractivity contribution in [3.63, 3.8) is 0 Å². The molecule has 2 aromatic carbocycles. The zero-order valence-electron chi connectivity index (χ0n) is 9.48. The third-order valence-electron chi connectivity index (χ3n) is 2.47. The maximum absolute atomic E-state index is 13.6. The van der Waals surface area contributed by atoms with E-state index < -0.39 is 17.5 Å². The van der Waals surface area contributed by atoms with Crippen molar-refractivity contribution in [2.45, 2.75) is 6.54 Å². The van der Waals surface area contributed by atoms with Gasteiger partial charge in [0.15, 0.2) is 0 Å². The van der Waals surface area contributed by atoms with E-state index in [9.17, 15) is 13.2 Å². The van der Waals surface area contributed by atoms with E-state index in [-0.39, 0.29) is 12.2 Å². The average molecular weight is 395 g/mol. The van der Waals surface area contributed by atoms with Gasteiger partial charge in [-0.25, -0.2) is 13.2 Å². The fraction of sp³-hybridized carbons (Fsp3) is 0.0769. The Morgan fingerprint density at radius 3 is 2.21 bits per heavy atom.